The summed E-state index contributed by atoms with van der Waals surface area (Å²) >= 11 is 1.56. The summed E-state index contributed by atoms with van der Waals surface area (Å²) in [7, 11) is 0. The zero-order chi connectivity index (χ0) is 16.4. The van der Waals surface area contributed by atoms with Crippen LogP contribution in [-0.4, -0.2) is 23.2 Å². The predicted octanol–water partition coefficient (Wildman–Crippen LogP) is 3.25. The van der Waals surface area contributed by atoms with Crippen molar-refractivity contribution in [2.75, 3.05) is 0 Å². The molecule has 0 radical (unpaired) electrons. The molecule has 1 aromatic heterocycles. The third-order valence-corrected chi connectivity index (χ3v) is 4.86. The van der Waals surface area contributed by atoms with E-state index in [4.69, 9.17) is 0 Å². The number of nitrogens with zero attached hydrogens (tertiary/aromatic N) is 2. The van der Waals surface area contributed by atoms with E-state index in [0.717, 1.165) is 20.3 Å². The van der Waals surface area contributed by atoms with E-state index in [0.29, 0.717) is 6.42 Å². The van der Waals surface area contributed by atoms with Crippen LogP contribution in [0.2, 0.25) is 0 Å². The predicted molar refractivity (Wildman–Crippen MR) is 90.4 cm³/mol. The minimum Gasteiger partial charge on any atom is -0.318 e. The van der Waals surface area contributed by atoms with Gasteiger partial charge in [0.15, 0.2) is 0 Å². The first kappa shape index (κ1) is 15.4. The summed E-state index contributed by atoms with van der Waals surface area (Å²) in [6, 6.07) is 12.7. The third kappa shape index (κ3) is 2.66. The Balaban J connectivity index is 1.91. The monoisotopic (exact) mass is 327 g/mol. The van der Waals surface area contributed by atoms with Crippen LogP contribution >= 0.6 is 11.3 Å². The van der Waals surface area contributed by atoms with E-state index in [2.05, 4.69) is 10.4 Å². The second-order valence-corrected chi connectivity index (χ2v) is 6.68. The summed E-state index contributed by atoms with van der Waals surface area (Å²) in [6.07, 6.45) is 2.01. The van der Waals surface area contributed by atoms with Crippen molar-refractivity contribution >= 4 is 29.5 Å². The van der Waals surface area contributed by atoms with Crippen LogP contribution in [0, 0.1) is 6.92 Å². The molecule has 3 rings (SSSR count). The first-order chi connectivity index (χ1) is 11.1. The number of rotatable bonds is 4. The highest BCUT2D eigenvalue weighted by Crippen LogP contribution is 2.32. The van der Waals surface area contributed by atoms with Gasteiger partial charge in [-0.15, -0.1) is 16.3 Å². The molecule has 3 amide bonds. The number of hydrogen-bond acceptors (Lipinski definition) is 4. The van der Waals surface area contributed by atoms with Crippen LogP contribution in [-0.2, 0) is 10.3 Å². The first-order valence-electron chi connectivity index (χ1n) is 7.39. The van der Waals surface area contributed by atoms with Crippen molar-refractivity contribution in [3.8, 4) is 0 Å². The maximum Gasteiger partial charge on any atom is 0.346 e. The largest absolute Gasteiger partial charge is 0.346 e. The summed E-state index contributed by atoms with van der Waals surface area (Å²) in [5.41, 5.74) is -0.272. The van der Waals surface area contributed by atoms with Crippen LogP contribution in [0.4, 0.5) is 4.79 Å². The molecule has 0 aliphatic carbocycles. The zero-order valence-electron chi connectivity index (χ0n) is 12.9. The van der Waals surface area contributed by atoms with Crippen molar-refractivity contribution in [3.05, 3.63) is 57.8 Å². The van der Waals surface area contributed by atoms with Gasteiger partial charge in [0.1, 0.15) is 5.54 Å². The van der Waals surface area contributed by atoms with E-state index in [-0.39, 0.29) is 5.91 Å². The van der Waals surface area contributed by atoms with Gasteiger partial charge in [-0.1, -0.05) is 37.3 Å². The number of hydrazone groups is 1. The molecule has 6 heteroatoms. The minimum atomic E-state index is -1.04. The van der Waals surface area contributed by atoms with E-state index in [1.54, 1.807) is 17.6 Å². The molecule has 1 aliphatic rings. The third-order valence-electron chi connectivity index (χ3n) is 3.93. The van der Waals surface area contributed by atoms with E-state index in [9.17, 15) is 9.59 Å². The Morgan fingerprint density at radius 3 is 2.57 bits per heavy atom. The number of nitrogens with one attached hydrogen (secondary N) is 1. The van der Waals surface area contributed by atoms with E-state index in [1.165, 1.54) is 0 Å². The van der Waals surface area contributed by atoms with Crippen LogP contribution in [0.3, 0.4) is 0 Å². The van der Waals surface area contributed by atoms with Crippen LogP contribution in [0.1, 0.15) is 28.7 Å². The summed E-state index contributed by atoms with van der Waals surface area (Å²) in [5.74, 6) is -0.347. The molecule has 1 aliphatic heterocycles. The van der Waals surface area contributed by atoms with Gasteiger partial charge in [0.2, 0.25) is 0 Å². The minimum absolute atomic E-state index is 0.347. The maximum atomic E-state index is 12.8. The SMILES string of the molecule is CC[C@]1(c2ccccc2)NC(=O)N(/N=C\c2ccc(C)s2)C1=O. The Morgan fingerprint density at radius 1 is 1.22 bits per heavy atom. The van der Waals surface area contributed by atoms with Crippen LogP contribution in [0.5, 0.6) is 0 Å². The fourth-order valence-corrected chi connectivity index (χ4v) is 3.41. The normalized spacial score (nSPS) is 21.2. The second kappa shape index (κ2) is 5.96. The fourth-order valence-electron chi connectivity index (χ4n) is 2.67. The van der Waals surface area contributed by atoms with E-state index >= 15 is 0 Å². The molecular formula is C17H17N3O2S. The van der Waals surface area contributed by atoms with Gasteiger partial charge in [-0.25, -0.2) is 4.79 Å². The van der Waals surface area contributed by atoms with Crippen molar-refractivity contribution in [2.45, 2.75) is 25.8 Å². The molecule has 0 saturated carbocycles. The van der Waals surface area contributed by atoms with Crippen molar-refractivity contribution in [1.82, 2.24) is 10.3 Å². The molecule has 2 aromatic rings. The molecular weight excluding hydrogens is 310 g/mol. The fraction of sp³-hybridized carbons (Fsp3) is 0.235. The number of aryl methyl sites for hydroxylation is 1. The van der Waals surface area contributed by atoms with Gasteiger partial charge in [0.25, 0.3) is 5.91 Å². The van der Waals surface area contributed by atoms with Crippen molar-refractivity contribution in [1.29, 1.82) is 0 Å². The number of carbonyl (C=O) groups excluding carboxylic acids is 2. The molecule has 1 fully saturated rings. The quantitative estimate of drug-likeness (QED) is 0.692. The molecule has 1 aromatic carbocycles. The highest BCUT2D eigenvalue weighted by molar-refractivity contribution is 7.13. The number of hydrogen-bond donors (Lipinski definition) is 1. The van der Waals surface area contributed by atoms with Gasteiger partial charge >= 0.3 is 6.03 Å². The van der Waals surface area contributed by atoms with Gasteiger partial charge in [0.05, 0.1) is 6.21 Å². The van der Waals surface area contributed by atoms with Gasteiger partial charge in [0, 0.05) is 9.75 Å². The summed E-state index contributed by atoms with van der Waals surface area (Å²) in [5, 5.41) is 7.82. The number of benzene rings is 1. The number of imide groups is 1. The Labute approximate surface area is 138 Å². The molecule has 5 nitrogen and oxygen atoms in total. The average Bonchev–Trinajstić information content (AvgIpc) is 3.08. The van der Waals surface area contributed by atoms with Gasteiger partial charge in [-0.3, -0.25) is 4.79 Å². The number of carbonyl (C=O) groups is 2. The van der Waals surface area contributed by atoms with Gasteiger partial charge in [-0.05, 0) is 31.0 Å². The molecule has 118 valence electrons. The molecule has 1 N–H and O–H groups in total. The first-order valence-corrected chi connectivity index (χ1v) is 8.21. The Kier molecular flexibility index (Phi) is 4.00. The second-order valence-electron chi connectivity index (χ2n) is 5.37. The lowest BCUT2D eigenvalue weighted by Gasteiger charge is -2.24. The average molecular weight is 327 g/mol. The lowest BCUT2D eigenvalue weighted by atomic mass is 9.87. The molecule has 0 bridgehead atoms. The van der Waals surface area contributed by atoms with Crippen molar-refractivity contribution in [3.63, 3.8) is 0 Å². The molecule has 1 saturated heterocycles. The highest BCUT2D eigenvalue weighted by Gasteiger charge is 2.51. The van der Waals surface area contributed by atoms with Crippen molar-refractivity contribution < 1.29 is 9.59 Å². The lowest BCUT2D eigenvalue weighted by Crippen LogP contribution is -2.43. The zero-order valence-corrected chi connectivity index (χ0v) is 13.8. The number of amides is 3. The van der Waals surface area contributed by atoms with E-state index < -0.39 is 11.6 Å². The lowest BCUT2D eigenvalue weighted by molar-refractivity contribution is -0.131. The summed E-state index contributed by atoms with van der Waals surface area (Å²) in [6.45, 7) is 3.87. The summed E-state index contributed by atoms with van der Waals surface area (Å²) < 4.78 is 0. The smallest absolute Gasteiger partial charge is 0.318 e. The Bertz CT molecular complexity index is 769. The highest BCUT2D eigenvalue weighted by atomic mass is 32.1. The molecule has 1 atom stereocenters. The van der Waals surface area contributed by atoms with Crippen LogP contribution in [0.25, 0.3) is 0 Å². The molecule has 0 unspecified atom stereocenters. The molecule has 0 spiro atoms. The van der Waals surface area contributed by atoms with Gasteiger partial charge < -0.3 is 5.32 Å². The molecule has 23 heavy (non-hydrogen) atoms. The van der Waals surface area contributed by atoms with Crippen LogP contribution in [0.15, 0.2) is 47.6 Å². The van der Waals surface area contributed by atoms with Crippen molar-refractivity contribution in [2.24, 2.45) is 5.10 Å². The van der Waals surface area contributed by atoms with Gasteiger partial charge in [-0.2, -0.15) is 5.10 Å². The number of thiophene rings is 1. The van der Waals surface area contributed by atoms with Crippen LogP contribution < -0.4 is 5.32 Å². The Hall–Kier alpha value is -2.47. The summed E-state index contributed by atoms with van der Waals surface area (Å²) in [4.78, 5) is 27.1. The van der Waals surface area contributed by atoms with E-state index in [1.807, 2.05) is 56.3 Å². The topological polar surface area (TPSA) is 61.8 Å². The molecule has 2 heterocycles. The Morgan fingerprint density at radius 2 is 1.96 bits per heavy atom. The number of urea groups is 1. The standard InChI is InChI=1S/C17H17N3O2S/c1-3-17(13-7-5-4-6-8-13)15(21)20(16(22)19-17)18-11-14-10-9-12(2)23-14/h4-11H,3H2,1-2H3,(H,19,22)/b18-11-/t17-/m1/s1. The maximum absolute atomic E-state index is 12.8.